The molecule has 1 heterocycles. The number of thioether (sulfide) groups is 1. The first-order chi connectivity index (χ1) is 10.2. The lowest BCUT2D eigenvalue weighted by Gasteiger charge is -2.10. The van der Waals surface area contributed by atoms with E-state index in [-0.39, 0.29) is 30.8 Å². The van der Waals surface area contributed by atoms with Crippen molar-refractivity contribution in [2.75, 3.05) is 18.1 Å². The van der Waals surface area contributed by atoms with Gasteiger partial charge in [0.25, 0.3) is 0 Å². The Kier molecular flexibility index (Phi) is 6.09. The van der Waals surface area contributed by atoms with E-state index in [0.29, 0.717) is 17.5 Å². The summed E-state index contributed by atoms with van der Waals surface area (Å²) in [6.07, 6.45) is 1.29. The Morgan fingerprint density at radius 3 is 3.10 bits per heavy atom. The van der Waals surface area contributed by atoms with Crippen LogP contribution in [0.25, 0.3) is 0 Å². The highest BCUT2D eigenvalue weighted by Crippen LogP contribution is 2.23. The zero-order valence-electron chi connectivity index (χ0n) is 11.7. The van der Waals surface area contributed by atoms with Crippen LogP contribution in [0.15, 0.2) is 18.2 Å². The summed E-state index contributed by atoms with van der Waals surface area (Å²) in [6.45, 7) is 0.192. The van der Waals surface area contributed by atoms with Gasteiger partial charge < -0.3 is 10.4 Å². The Bertz CT molecular complexity index is 559. The van der Waals surface area contributed by atoms with Crippen LogP contribution in [-0.4, -0.2) is 29.1 Å². The number of benzene rings is 1. The van der Waals surface area contributed by atoms with E-state index in [2.05, 4.69) is 17.2 Å². The van der Waals surface area contributed by atoms with E-state index in [1.807, 2.05) is 0 Å². The van der Waals surface area contributed by atoms with E-state index in [4.69, 9.17) is 5.11 Å². The van der Waals surface area contributed by atoms with Gasteiger partial charge in [0.1, 0.15) is 5.82 Å². The zero-order valence-corrected chi connectivity index (χ0v) is 12.5. The number of amides is 1. The average molecular weight is 307 g/mol. The van der Waals surface area contributed by atoms with Crippen molar-refractivity contribution >= 4 is 17.7 Å². The SMILES string of the molecule is O=C(NCc1cc(C#CCCO)ccc1F)C1CCSC1. The van der Waals surface area contributed by atoms with E-state index >= 15 is 0 Å². The first kappa shape index (κ1) is 15.9. The molecule has 1 atom stereocenters. The van der Waals surface area contributed by atoms with Gasteiger partial charge in [0.15, 0.2) is 0 Å². The molecule has 1 amide bonds. The molecule has 1 aromatic carbocycles. The molecule has 1 aliphatic rings. The molecule has 21 heavy (non-hydrogen) atoms. The molecule has 2 rings (SSSR count). The third-order valence-corrected chi connectivity index (χ3v) is 4.43. The van der Waals surface area contributed by atoms with Crippen LogP contribution in [0.4, 0.5) is 4.39 Å². The monoisotopic (exact) mass is 307 g/mol. The molecule has 0 spiro atoms. The second kappa shape index (κ2) is 8.06. The van der Waals surface area contributed by atoms with Crippen molar-refractivity contribution in [2.24, 2.45) is 5.92 Å². The van der Waals surface area contributed by atoms with E-state index in [0.717, 1.165) is 17.9 Å². The third-order valence-electron chi connectivity index (χ3n) is 3.27. The van der Waals surface area contributed by atoms with Crippen LogP contribution < -0.4 is 5.32 Å². The second-order valence-corrected chi connectivity index (χ2v) is 6.01. The number of nitrogens with one attached hydrogen (secondary N) is 1. The maximum absolute atomic E-state index is 13.7. The van der Waals surface area contributed by atoms with Crippen LogP contribution in [0.3, 0.4) is 0 Å². The number of carbonyl (C=O) groups is 1. The Morgan fingerprint density at radius 1 is 1.52 bits per heavy atom. The Hall–Kier alpha value is -1.51. The minimum Gasteiger partial charge on any atom is -0.395 e. The molecule has 1 aliphatic heterocycles. The quantitative estimate of drug-likeness (QED) is 0.836. The van der Waals surface area contributed by atoms with Crippen LogP contribution in [0.1, 0.15) is 24.0 Å². The highest BCUT2D eigenvalue weighted by molar-refractivity contribution is 7.99. The molecule has 0 aromatic heterocycles. The first-order valence-corrected chi connectivity index (χ1v) is 8.10. The van der Waals surface area contributed by atoms with Crippen molar-refractivity contribution in [3.8, 4) is 11.8 Å². The van der Waals surface area contributed by atoms with Crippen LogP contribution in [0.5, 0.6) is 0 Å². The van der Waals surface area contributed by atoms with Crippen LogP contribution in [0.2, 0.25) is 0 Å². The fraction of sp³-hybridized carbons (Fsp3) is 0.438. The predicted octanol–water partition coefficient (Wildman–Crippen LogP) is 1.93. The minimum absolute atomic E-state index is 0.00355. The molecule has 1 unspecified atom stereocenters. The molecule has 0 bridgehead atoms. The van der Waals surface area contributed by atoms with Gasteiger partial charge in [-0.1, -0.05) is 11.8 Å². The fourth-order valence-corrected chi connectivity index (χ4v) is 3.30. The number of hydrogen-bond donors (Lipinski definition) is 2. The zero-order chi connectivity index (χ0) is 15.1. The molecule has 1 saturated heterocycles. The molecule has 0 saturated carbocycles. The fourth-order valence-electron chi connectivity index (χ4n) is 2.08. The van der Waals surface area contributed by atoms with Crippen molar-refractivity contribution < 1.29 is 14.3 Å². The summed E-state index contributed by atoms with van der Waals surface area (Å²) in [6, 6.07) is 4.60. The van der Waals surface area contributed by atoms with Crippen LogP contribution >= 0.6 is 11.8 Å². The van der Waals surface area contributed by atoms with E-state index in [1.54, 1.807) is 23.9 Å². The molecule has 1 aromatic rings. The van der Waals surface area contributed by atoms with Crippen molar-refractivity contribution in [3.05, 3.63) is 35.1 Å². The average Bonchev–Trinajstić information content (AvgIpc) is 3.02. The molecule has 0 radical (unpaired) electrons. The molecular formula is C16H18FNO2S. The Balaban J connectivity index is 1.97. The standard InChI is InChI=1S/C16H18FNO2S/c17-15-5-4-12(3-1-2-7-19)9-14(15)10-18-16(20)13-6-8-21-11-13/h4-5,9,13,19H,2,6-8,10-11H2,(H,18,20). The maximum atomic E-state index is 13.7. The highest BCUT2D eigenvalue weighted by atomic mass is 32.2. The molecular weight excluding hydrogens is 289 g/mol. The lowest BCUT2D eigenvalue weighted by Crippen LogP contribution is -2.30. The van der Waals surface area contributed by atoms with Crippen molar-refractivity contribution in [2.45, 2.75) is 19.4 Å². The molecule has 0 aliphatic carbocycles. The van der Waals surface area contributed by atoms with Crippen molar-refractivity contribution in [1.29, 1.82) is 0 Å². The summed E-state index contributed by atoms with van der Waals surface area (Å²) in [5.74, 6) is 7.22. The number of hydrogen-bond acceptors (Lipinski definition) is 3. The number of aliphatic hydroxyl groups is 1. The summed E-state index contributed by atoms with van der Waals surface area (Å²) in [5, 5.41) is 11.5. The van der Waals surface area contributed by atoms with Gasteiger partial charge in [-0.2, -0.15) is 11.8 Å². The van der Waals surface area contributed by atoms with Gasteiger partial charge in [0.2, 0.25) is 5.91 Å². The lowest BCUT2D eigenvalue weighted by atomic mass is 10.1. The summed E-state index contributed by atoms with van der Waals surface area (Å²) < 4.78 is 13.7. The minimum atomic E-state index is -0.344. The van der Waals surface area contributed by atoms with Gasteiger partial charge in [-0.05, 0) is 30.4 Å². The first-order valence-electron chi connectivity index (χ1n) is 6.94. The van der Waals surface area contributed by atoms with Gasteiger partial charge in [-0.3, -0.25) is 4.79 Å². The largest absolute Gasteiger partial charge is 0.395 e. The number of halogens is 1. The number of carbonyl (C=O) groups excluding carboxylic acids is 1. The van der Waals surface area contributed by atoms with E-state index in [1.165, 1.54) is 6.07 Å². The van der Waals surface area contributed by atoms with Gasteiger partial charge >= 0.3 is 0 Å². The number of aliphatic hydroxyl groups excluding tert-OH is 1. The second-order valence-electron chi connectivity index (χ2n) is 4.86. The van der Waals surface area contributed by atoms with E-state index < -0.39 is 0 Å². The summed E-state index contributed by atoms with van der Waals surface area (Å²) >= 11 is 1.78. The third kappa shape index (κ3) is 4.76. The van der Waals surface area contributed by atoms with Crippen LogP contribution in [0, 0.1) is 23.6 Å². The van der Waals surface area contributed by atoms with Gasteiger partial charge in [0, 0.05) is 35.8 Å². The smallest absolute Gasteiger partial charge is 0.224 e. The molecule has 112 valence electrons. The van der Waals surface area contributed by atoms with Gasteiger partial charge in [-0.25, -0.2) is 4.39 Å². The van der Waals surface area contributed by atoms with Crippen molar-refractivity contribution in [1.82, 2.24) is 5.32 Å². The summed E-state index contributed by atoms with van der Waals surface area (Å²) in [4.78, 5) is 11.9. The normalized spacial score (nSPS) is 17.1. The van der Waals surface area contributed by atoms with Gasteiger partial charge in [-0.15, -0.1) is 0 Å². The summed E-state index contributed by atoms with van der Waals surface area (Å²) in [5.41, 5.74) is 1.12. The molecule has 5 heteroatoms. The Labute approximate surface area is 128 Å². The lowest BCUT2D eigenvalue weighted by molar-refractivity contribution is -0.124. The topological polar surface area (TPSA) is 49.3 Å². The maximum Gasteiger partial charge on any atom is 0.224 e. The van der Waals surface area contributed by atoms with Crippen molar-refractivity contribution in [3.63, 3.8) is 0 Å². The predicted molar refractivity (Wildman–Crippen MR) is 82.3 cm³/mol. The highest BCUT2D eigenvalue weighted by Gasteiger charge is 2.22. The molecule has 3 nitrogen and oxygen atoms in total. The number of rotatable bonds is 4. The summed E-state index contributed by atoms with van der Waals surface area (Å²) in [7, 11) is 0. The van der Waals surface area contributed by atoms with Crippen LogP contribution in [-0.2, 0) is 11.3 Å². The Morgan fingerprint density at radius 2 is 2.38 bits per heavy atom. The molecule has 2 N–H and O–H groups in total. The van der Waals surface area contributed by atoms with E-state index in [9.17, 15) is 9.18 Å². The molecule has 1 fully saturated rings. The van der Waals surface area contributed by atoms with Gasteiger partial charge in [0.05, 0.1) is 6.61 Å².